The van der Waals surface area contributed by atoms with E-state index >= 15 is 0 Å². The van der Waals surface area contributed by atoms with Gasteiger partial charge in [0.25, 0.3) is 11.8 Å². The third kappa shape index (κ3) is 2.93. The first kappa shape index (κ1) is 13.7. The van der Waals surface area contributed by atoms with Crippen molar-refractivity contribution in [3.63, 3.8) is 0 Å². The molecule has 1 unspecified atom stereocenters. The number of rotatable bonds is 2. The molecule has 1 aromatic heterocycles. The Hall–Kier alpha value is -2.25. The van der Waals surface area contributed by atoms with Crippen molar-refractivity contribution < 1.29 is 14.4 Å². The van der Waals surface area contributed by atoms with E-state index in [0.29, 0.717) is 18.8 Å². The van der Waals surface area contributed by atoms with Crippen LogP contribution in [0.5, 0.6) is 0 Å². The summed E-state index contributed by atoms with van der Waals surface area (Å²) < 4.78 is 0. The van der Waals surface area contributed by atoms with Crippen LogP contribution >= 0.6 is 0 Å². The summed E-state index contributed by atoms with van der Waals surface area (Å²) in [6.45, 7) is 1.73. The number of fused-ring (bicyclic) bond motifs is 1. The molecule has 21 heavy (non-hydrogen) atoms. The number of hydrogen-bond acceptors (Lipinski definition) is 5. The predicted molar refractivity (Wildman–Crippen MR) is 74.4 cm³/mol. The van der Waals surface area contributed by atoms with Crippen molar-refractivity contribution in [2.24, 2.45) is 0 Å². The van der Waals surface area contributed by atoms with Gasteiger partial charge in [-0.25, -0.2) is 0 Å². The fraction of sp³-hybridized carbons (Fsp3) is 0.357. The second kappa shape index (κ2) is 6.02. The number of nitrogens with zero attached hydrogens (tertiary/aromatic N) is 3. The zero-order valence-corrected chi connectivity index (χ0v) is 11.4. The van der Waals surface area contributed by atoms with Crippen LogP contribution in [0.25, 0.3) is 6.08 Å². The van der Waals surface area contributed by atoms with Gasteiger partial charge in [0.05, 0.1) is 5.69 Å². The van der Waals surface area contributed by atoms with Crippen LogP contribution in [0.1, 0.15) is 5.69 Å². The van der Waals surface area contributed by atoms with Crippen LogP contribution < -0.4 is 5.32 Å². The van der Waals surface area contributed by atoms with E-state index in [2.05, 4.69) is 10.3 Å². The highest BCUT2D eigenvalue weighted by atomic mass is 16.7. The second-order valence-corrected chi connectivity index (χ2v) is 4.80. The van der Waals surface area contributed by atoms with Crippen LogP contribution in [-0.2, 0) is 14.4 Å². The van der Waals surface area contributed by atoms with Gasteiger partial charge in [-0.1, -0.05) is 6.07 Å². The highest BCUT2D eigenvalue weighted by Gasteiger charge is 2.38. The topological polar surface area (TPSA) is 74.8 Å². The summed E-state index contributed by atoms with van der Waals surface area (Å²) in [6, 6.07) is 5.46. The number of carbonyl (C=O) groups is 2. The number of amides is 2. The Bertz CT molecular complexity index is 561. The lowest BCUT2D eigenvalue weighted by molar-refractivity contribution is -0.240. The lowest BCUT2D eigenvalue weighted by Gasteiger charge is -2.44. The summed E-state index contributed by atoms with van der Waals surface area (Å²) in [6.07, 6.45) is 4.31. The first-order chi connectivity index (χ1) is 10.3. The largest absolute Gasteiger partial charge is 0.315 e. The molecule has 3 heterocycles. The summed E-state index contributed by atoms with van der Waals surface area (Å²) in [5.74, 6) is -0.383. The van der Waals surface area contributed by atoms with E-state index in [4.69, 9.17) is 4.84 Å². The van der Waals surface area contributed by atoms with Crippen molar-refractivity contribution in [2.75, 3.05) is 26.2 Å². The number of hydroxylamine groups is 2. The molecule has 1 aromatic rings. The van der Waals surface area contributed by atoms with Gasteiger partial charge in [-0.2, -0.15) is 5.06 Å². The smallest absolute Gasteiger partial charge is 0.272 e. The Labute approximate surface area is 122 Å². The van der Waals surface area contributed by atoms with Crippen molar-refractivity contribution in [1.29, 1.82) is 0 Å². The molecule has 0 bridgehead atoms. The third-order valence-corrected chi connectivity index (χ3v) is 3.44. The normalized spacial score (nSPS) is 22.5. The highest BCUT2D eigenvalue weighted by Crippen LogP contribution is 2.16. The van der Waals surface area contributed by atoms with E-state index in [9.17, 15) is 9.59 Å². The highest BCUT2D eigenvalue weighted by molar-refractivity contribution is 5.92. The van der Waals surface area contributed by atoms with Gasteiger partial charge in [0, 0.05) is 31.9 Å². The van der Waals surface area contributed by atoms with E-state index in [-0.39, 0.29) is 24.6 Å². The molecule has 2 saturated heterocycles. The van der Waals surface area contributed by atoms with Gasteiger partial charge in [0.1, 0.15) is 6.17 Å². The predicted octanol–water partition coefficient (Wildman–Crippen LogP) is -0.373. The van der Waals surface area contributed by atoms with Gasteiger partial charge in [0.15, 0.2) is 6.61 Å². The van der Waals surface area contributed by atoms with Crippen molar-refractivity contribution in [2.45, 2.75) is 6.17 Å². The fourth-order valence-corrected chi connectivity index (χ4v) is 2.40. The Morgan fingerprint density at radius 1 is 1.48 bits per heavy atom. The molecular weight excluding hydrogens is 272 g/mol. The molecule has 0 aromatic carbocycles. The molecule has 0 spiro atoms. The summed E-state index contributed by atoms with van der Waals surface area (Å²) in [4.78, 5) is 35.1. The van der Waals surface area contributed by atoms with Crippen LogP contribution in [0.2, 0.25) is 0 Å². The first-order valence-electron chi connectivity index (χ1n) is 6.81. The van der Waals surface area contributed by atoms with Crippen LogP contribution in [0.15, 0.2) is 30.5 Å². The Kier molecular flexibility index (Phi) is 3.94. The molecule has 1 N–H and O–H groups in total. The SMILES string of the molecule is O=C1CON(C(=O)/C=C/c2ccccn2)C2CNCCN12. The fourth-order valence-electron chi connectivity index (χ4n) is 2.40. The van der Waals surface area contributed by atoms with Gasteiger partial charge in [-0.15, -0.1) is 0 Å². The van der Waals surface area contributed by atoms with Gasteiger partial charge < -0.3 is 10.2 Å². The maximum Gasteiger partial charge on any atom is 0.272 e. The maximum absolute atomic E-state index is 12.3. The molecule has 7 nitrogen and oxygen atoms in total. The van der Waals surface area contributed by atoms with E-state index in [1.54, 1.807) is 23.2 Å². The molecule has 2 fully saturated rings. The third-order valence-electron chi connectivity index (χ3n) is 3.44. The molecule has 0 aliphatic carbocycles. The summed E-state index contributed by atoms with van der Waals surface area (Å²) >= 11 is 0. The van der Waals surface area contributed by atoms with E-state index in [0.717, 1.165) is 6.54 Å². The van der Waals surface area contributed by atoms with Gasteiger partial charge in [-0.3, -0.25) is 19.4 Å². The maximum atomic E-state index is 12.3. The van der Waals surface area contributed by atoms with E-state index in [1.165, 1.54) is 11.1 Å². The minimum atomic E-state index is -0.388. The summed E-state index contributed by atoms with van der Waals surface area (Å²) in [5.41, 5.74) is 0.692. The molecule has 0 radical (unpaired) electrons. The van der Waals surface area contributed by atoms with Crippen LogP contribution in [-0.4, -0.2) is 59.2 Å². The quantitative estimate of drug-likeness (QED) is 0.751. The molecule has 1 atom stereocenters. The van der Waals surface area contributed by atoms with Gasteiger partial charge in [-0.05, 0) is 18.2 Å². The number of hydrogen-bond donors (Lipinski definition) is 1. The number of pyridine rings is 1. The Morgan fingerprint density at radius 3 is 3.19 bits per heavy atom. The van der Waals surface area contributed by atoms with E-state index in [1.807, 2.05) is 12.1 Å². The molecule has 2 amide bonds. The second-order valence-electron chi connectivity index (χ2n) is 4.80. The lowest BCUT2D eigenvalue weighted by atomic mass is 10.2. The van der Waals surface area contributed by atoms with Crippen molar-refractivity contribution in [3.05, 3.63) is 36.2 Å². The number of piperazine rings is 1. The number of aromatic nitrogens is 1. The van der Waals surface area contributed by atoms with Crippen molar-refractivity contribution >= 4 is 17.9 Å². The molecular formula is C14H16N4O3. The molecule has 3 rings (SSSR count). The Balaban J connectivity index is 1.72. The van der Waals surface area contributed by atoms with Crippen molar-refractivity contribution in [1.82, 2.24) is 20.3 Å². The monoisotopic (exact) mass is 288 g/mol. The van der Waals surface area contributed by atoms with Crippen LogP contribution in [0.4, 0.5) is 0 Å². The van der Waals surface area contributed by atoms with Crippen LogP contribution in [0, 0.1) is 0 Å². The molecule has 110 valence electrons. The average Bonchev–Trinajstić information content (AvgIpc) is 2.54. The zero-order valence-electron chi connectivity index (χ0n) is 11.4. The van der Waals surface area contributed by atoms with Gasteiger partial charge >= 0.3 is 0 Å². The molecule has 2 aliphatic rings. The van der Waals surface area contributed by atoms with Crippen molar-refractivity contribution in [3.8, 4) is 0 Å². The van der Waals surface area contributed by atoms with Gasteiger partial charge in [0.2, 0.25) is 0 Å². The number of carbonyl (C=O) groups excluding carboxylic acids is 2. The van der Waals surface area contributed by atoms with Crippen LogP contribution in [0.3, 0.4) is 0 Å². The number of nitrogens with one attached hydrogen (secondary N) is 1. The molecule has 0 saturated carbocycles. The summed E-state index contributed by atoms with van der Waals surface area (Å²) in [7, 11) is 0. The minimum Gasteiger partial charge on any atom is -0.315 e. The molecule has 2 aliphatic heterocycles. The lowest BCUT2D eigenvalue weighted by Crippen LogP contribution is -2.65. The zero-order chi connectivity index (χ0) is 14.7. The minimum absolute atomic E-state index is 0.0840. The Morgan fingerprint density at radius 2 is 2.38 bits per heavy atom. The first-order valence-corrected chi connectivity index (χ1v) is 6.81. The summed E-state index contributed by atoms with van der Waals surface area (Å²) in [5, 5.41) is 4.42. The standard InChI is InChI=1S/C14H16N4O3/c19-13(5-4-11-3-1-2-6-16-11)18-12-9-15-7-8-17(12)14(20)10-21-18/h1-6,12,15H,7-10H2/b5-4+. The average molecular weight is 288 g/mol. The van der Waals surface area contributed by atoms with E-state index < -0.39 is 0 Å². The molecule has 7 heteroatoms.